The first-order chi connectivity index (χ1) is 13.4. The molecular weight excluding hydrogens is 360 g/mol. The number of aryl methyl sites for hydroxylation is 2. The van der Waals surface area contributed by atoms with Gasteiger partial charge in [0, 0.05) is 36.8 Å². The van der Waals surface area contributed by atoms with Crippen molar-refractivity contribution in [1.29, 1.82) is 0 Å². The molecule has 0 aliphatic carbocycles. The summed E-state index contributed by atoms with van der Waals surface area (Å²) in [6.07, 6.45) is 4.56. The number of pyridine rings is 1. The van der Waals surface area contributed by atoms with E-state index in [4.69, 9.17) is 4.52 Å². The second-order valence-corrected chi connectivity index (χ2v) is 6.11. The predicted molar refractivity (Wildman–Crippen MR) is 104 cm³/mol. The Morgan fingerprint density at radius 2 is 2.00 bits per heavy atom. The van der Waals surface area contributed by atoms with E-state index in [1.54, 1.807) is 39.2 Å². The lowest BCUT2D eigenvalue weighted by molar-refractivity contribution is 0.0698. The van der Waals surface area contributed by atoms with Gasteiger partial charge >= 0.3 is 5.97 Å². The van der Waals surface area contributed by atoms with Crippen LogP contribution in [-0.4, -0.2) is 40.4 Å². The molecule has 28 heavy (non-hydrogen) atoms. The molecular formula is C20H18N4O4. The fourth-order valence-corrected chi connectivity index (χ4v) is 2.87. The summed E-state index contributed by atoms with van der Waals surface area (Å²) in [6, 6.07) is 6.31. The van der Waals surface area contributed by atoms with E-state index in [9.17, 15) is 14.7 Å². The Bertz CT molecular complexity index is 1070. The maximum atomic E-state index is 12.7. The SMILES string of the molecule is CN=Cc1ccc(NC(=O)c2cncc(-c3c(C)noc3C)c2)c(C(=O)O)c1. The molecule has 0 saturated carbocycles. The molecule has 2 N–H and O–H groups in total. The minimum absolute atomic E-state index is 0.0272. The average molecular weight is 378 g/mol. The highest BCUT2D eigenvalue weighted by atomic mass is 16.5. The van der Waals surface area contributed by atoms with Gasteiger partial charge < -0.3 is 14.9 Å². The van der Waals surface area contributed by atoms with Crippen LogP contribution in [0.15, 0.2) is 46.2 Å². The molecule has 8 heteroatoms. The number of hydrogen-bond donors (Lipinski definition) is 2. The standard InChI is InChI=1S/C20H18N4O4/c1-11-18(12(2)28-24-11)14-7-15(10-22-9-14)19(25)23-17-5-4-13(8-21-3)6-16(17)20(26)27/h4-10H,1-3H3,(H,23,25)(H,26,27). The molecule has 8 nitrogen and oxygen atoms in total. The lowest BCUT2D eigenvalue weighted by atomic mass is 10.0. The maximum absolute atomic E-state index is 12.7. The average Bonchev–Trinajstić information content (AvgIpc) is 3.01. The van der Waals surface area contributed by atoms with Crippen LogP contribution in [0.3, 0.4) is 0 Å². The third-order valence-corrected chi connectivity index (χ3v) is 4.12. The number of amides is 1. The lowest BCUT2D eigenvalue weighted by Gasteiger charge is -2.10. The van der Waals surface area contributed by atoms with E-state index >= 15 is 0 Å². The van der Waals surface area contributed by atoms with Crippen LogP contribution < -0.4 is 5.32 Å². The molecule has 3 rings (SSSR count). The first-order valence-electron chi connectivity index (χ1n) is 8.40. The van der Waals surface area contributed by atoms with E-state index < -0.39 is 11.9 Å². The first kappa shape index (κ1) is 19.0. The fourth-order valence-electron chi connectivity index (χ4n) is 2.87. The largest absolute Gasteiger partial charge is 0.478 e. The Hall–Kier alpha value is -3.81. The van der Waals surface area contributed by atoms with E-state index in [2.05, 4.69) is 20.4 Å². The van der Waals surface area contributed by atoms with E-state index in [-0.39, 0.29) is 16.8 Å². The summed E-state index contributed by atoms with van der Waals surface area (Å²) in [5.74, 6) is -0.997. The number of nitrogens with zero attached hydrogens (tertiary/aromatic N) is 3. The summed E-state index contributed by atoms with van der Waals surface area (Å²) in [4.78, 5) is 32.2. The first-order valence-corrected chi connectivity index (χ1v) is 8.40. The number of carboxylic acids is 1. The van der Waals surface area contributed by atoms with Crippen molar-refractivity contribution in [3.8, 4) is 11.1 Å². The smallest absolute Gasteiger partial charge is 0.337 e. The molecule has 0 spiro atoms. The molecule has 0 bridgehead atoms. The van der Waals surface area contributed by atoms with Crippen LogP contribution >= 0.6 is 0 Å². The van der Waals surface area contributed by atoms with Gasteiger partial charge in [-0.15, -0.1) is 0 Å². The maximum Gasteiger partial charge on any atom is 0.337 e. The van der Waals surface area contributed by atoms with Crippen LogP contribution in [-0.2, 0) is 0 Å². The zero-order valence-corrected chi connectivity index (χ0v) is 15.6. The number of carbonyl (C=O) groups excluding carboxylic acids is 1. The number of aliphatic imine (C=N–C) groups is 1. The quantitative estimate of drug-likeness (QED) is 0.657. The van der Waals surface area contributed by atoms with Crippen molar-refractivity contribution < 1.29 is 19.2 Å². The molecule has 0 atom stereocenters. The van der Waals surface area contributed by atoms with Crippen molar-refractivity contribution in [2.75, 3.05) is 12.4 Å². The van der Waals surface area contributed by atoms with Gasteiger partial charge in [0.05, 0.1) is 22.5 Å². The molecule has 1 aromatic carbocycles. The van der Waals surface area contributed by atoms with Crippen molar-refractivity contribution in [1.82, 2.24) is 10.1 Å². The molecule has 2 aromatic heterocycles. The fraction of sp³-hybridized carbons (Fsp3) is 0.150. The van der Waals surface area contributed by atoms with Gasteiger partial charge in [-0.05, 0) is 37.6 Å². The van der Waals surface area contributed by atoms with Gasteiger partial charge in [0.25, 0.3) is 5.91 Å². The molecule has 0 aliphatic heterocycles. The molecule has 0 radical (unpaired) electrons. The number of rotatable bonds is 5. The van der Waals surface area contributed by atoms with Crippen LogP contribution in [0.25, 0.3) is 11.1 Å². The number of nitrogens with one attached hydrogen (secondary N) is 1. The van der Waals surface area contributed by atoms with Crippen LogP contribution in [0.2, 0.25) is 0 Å². The molecule has 3 aromatic rings. The normalized spacial score (nSPS) is 11.0. The Morgan fingerprint density at radius 3 is 2.64 bits per heavy atom. The zero-order valence-electron chi connectivity index (χ0n) is 15.6. The van der Waals surface area contributed by atoms with Crippen LogP contribution in [0.1, 0.15) is 37.7 Å². The van der Waals surface area contributed by atoms with Gasteiger partial charge in [-0.25, -0.2) is 4.79 Å². The van der Waals surface area contributed by atoms with Crippen molar-refractivity contribution in [3.63, 3.8) is 0 Å². The summed E-state index contributed by atoms with van der Waals surface area (Å²) < 4.78 is 5.16. The summed E-state index contributed by atoms with van der Waals surface area (Å²) in [5.41, 5.74) is 3.23. The summed E-state index contributed by atoms with van der Waals surface area (Å²) >= 11 is 0. The van der Waals surface area contributed by atoms with Gasteiger partial charge in [0.1, 0.15) is 5.76 Å². The van der Waals surface area contributed by atoms with Crippen LogP contribution in [0.4, 0.5) is 5.69 Å². The monoisotopic (exact) mass is 378 g/mol. The van der Waals surface area contributed by atoms with E-state index in [1.165, 1.54) is 24.5 Å². The number of carbonyl (C=O) groups is 2. The van der Waals surface area contributed by atoms with Crippen molar-refractivity contribution in [2.45, 2.75) is 13.8 Å². The van der Waals surface area contributed by atoms with E-state index in [1.807, 2.05) is 0 Å². The highest BCUT2D eigenvalue weighted by Crippen LogP contribution is 2.27. The molecule has 142 valence electrons. The number of benzene rings is 1. The Labute approximate surface area is 160 Å². The van der Waals surface area contributed by atoms with Crippen molar-refractivity contribution >= 4 is 23.8 Å². The third kappa shape index (κ3) is 3.80. The number of aromatic carboxylic acids is 1. The van der Waals surface area contributed by atoms with Gasteiger partial charge in [0.15, 0.2) is 0 Å². The van der Waals surface area contributed by atoms with Crippen LogP contribution in [0, 0.1) is 13.8 Å². The van der Waals surface area contributed by atoms with Crippen LogP contribution in [0.5, 0.6) is 0 Å². The Balaban J connectivity index is 1.92. The van der Waals surface area contributed by atoms with Gasteiger partial charge in [-0.1, -0.05) is 11.2 Å². The second kappa shape index (κ2) is 7.83. The molecule has 1 amide bonds. The summed E-state index contributed by atoms with van der Waals surface area (Å²) in [6.45, 7) is 3.58. The summed E-state index contributed by atoms with van der Waals surface area (Å²) in [7, 11) is 1.59. The third-order valence-electron chi connectivity index (χ3n) is 4.12. The number of anilines is 1. The minimum Gasteiger partial charge on any atom is -0.478 e. The Kier molecular flexibility index (Phi) is 5.30. The molecule has 0 saturated heterocycles. The number of carboxylic acid groups (broad SMARTS) is 1. The number of aromatic nitrogens is 2. The summed E-state index contributed by atoms with van der Waals surface area (Å²) in [5, 5.41) is 16.0. The zero-order chi connectivity index (χ0) is 20.3. The van der Waals surface area contributed by atoms with Gasteiger partial charge in [-0.3, -0.25) is 14.8 Å². The van der Waals surface area contributed by atoms with Gasteiger partial charge in [-0.2, -0.15) is 0 Å². The van der Waals surface area contributed by atoms with Crippen molar-refractivity contribution in [2.24, 2.45) is 4.99 Å². The Morgan fingerprint density at radius 1 is 1.21 bits per heavy atom. The molecule has 0 aliphatic rings. The topological polar surface area (TPSA) is 118 Å². The molecule has 2 heterocycles. The second-order valence-electron chi connectivity index (χ2n) is 6.11. The highest BCUT2D eigenvalue weighted by Gasteiger charge is 2.17. The van der Waals surface area contributed by atoms with Crippen molar-refractivity contribution in [3.05, 3.63) is 64.8 Å². The predicted octanol–water partition coefficient (Wildman–Crippen LogP) is 3.35. The molecule has 0 fully saturated rings. The highest BCUT2D eigenvalue weighted by molar-refractivity contribution is 6.08. The van der Waals surface area contributed by atoms with Gasteiger partial charge in [0.2, 0.25) is 0 Å². The van der Waals surface area contributed by atoms with E-state index in [0.29, 0.717) is 22.6 Å². The lowest BCUT2D eigenvalue weighted by Crippen LogP contribution is -2.15. The van der Waals surface area contributed by atoms with E-state index in [0.717, 1.165) is 5.56 Å². The minimum atomic E-state index is -1.15. The number of hydrogen-bond acceptors (Lipinski definition) is 6. The molecule has 0 unspecified atom stereocenters.